The number of nitrogens with zero attached hydrogens (tertiary/aromatic N) is 2. The van der Waals surface area contributed by atoms with E-state index < -0.39 is 0 Å². The summed E-state index contributed by atoms with van der Waals surface area (Å²) >= 11 is 1.37. The molecule has 5 heteroatoms. The molecule has 1 N–H and O–H groups in total. The zero-order valence-electron chi connectivity index (χ0n) is 10.6. The smallest absolute Gasteiger partial charge is 0.202 e. The molecular weight excluding hydrogens is 246 g/mol. The maximum absolute atomic E-state index is 5.76. The number of anilines is 1. The van der Waals surface area contributed by atoms with Crippen LogP contribution in [0.4, 0.5) is 5.13 Å². The molecular formula is C13H17N3OS. The van der Waals surface area contributed by atoms with Crippen molar-refractivity contribution in [2.45, 2.75) is 20.0 Å². The SMILES string of the molecule is CCNc1nc(C(OCC)c2ccccc2)ns1. The molecule has 18 heavy (non-hydrogen) atoms. The molecule has 1 aromatic carbocycles. The van der Waals surface area contributed by atoms with Crippen LogP contribution in [0.5, 0.6) is 0 Å². The summed E-state index contributed by atoms with van der Waals surface area (Å²) in [6.45, 7) is 5.50. The van der Waals surface area contributed by atoms with Gasteiger partial charge in [-0.1, -0.05) is 30.3 Å². The molecule has 1 heterocycles. The van der Waals surface area contributed by atoms with Crippen LogP contribution in [-0.2, 0) is 4.74 Å². The molecule has 0 amide bonds. The number of hydrogen-bond donors (Lipinski definition) is 1. The Morgan fingerprint density at radius 3 is 2.72 bits per heavy atom. The van der Waals surface area contributed by atoms with E-state index >= 15 is 0 Å². The topological polar surface area (TPSA) is 47.0 Å². The van der Waals surface area contributed by atoms with Crippen LogP contribution in [0.3, 0.4) is 0 Å². The van der Waals surface area contributed by atoms with Crippen LogP contribution >= 0.6 is 11.5 Å². The molecule has 0 fully saturated rings. The first-order chi connectivity index (χ1) is 8.85. The number of aromatic nitrogens is 2. The van der Waals surface area contributed by atoms with Crippen molar-refractivity contribution >= 4 is 16.7 Å². The maximum Gasteiger partial charge on any atom is 0.202 e. The molecule has 0 saturated carbocycles. The summed E-state index contributed by atoms with van der Waals surface area (Å²) in [5, 5.41) is 4.01. The van der Waals surface area contributed by atoms with E-state index in [-0.39, 0.29) is 6.10 Å². The first-order valence-corrected chi connectivity index (χ1v) is 6.86. The minimum Gasteiger partial charge on any atom is -0.366 e. The molecule has 0 radical (unpaired) electrons. The number of ether oxygens (including phenoxy) is 1. The molecule has 1 aromatic heterocycles. The minimum atomic E-state index is -0.181. The zero-order valence-corrected chi connectivity index (χ0v) is 11.4. The molecule has 0 aliphatic rings. The molecule has 0 saturated heterocycles. The van der Waals surface area contributed by atoms with E-state index in [1.54, 1.807) is 0 Å². The predicted octanol–water partition coefficient (Wildman–Crippen LogP) is 3.10. The van der Waals surface area contributed by atoms with Gasteiger partial charge in [0, 0.05) is 24.7 Å². The van der Waals surface area contributed by atoms with Crippen molar-refractivity contribution in [3.63, 3.8) is 0 Å². The number of hydrogen-bond acceptors (Lipinski definition) is 5. The molecule has 0 bridgehead atoms. The van der Waals surface area contributed by atoms with Crippen molar-refractivity contribution in [1.82, 2.24) is 9.36 Å². The predicted molar refractivity (Wildman–Crippen MR) is 74.0 cm³/mol. The van der Waals surface area contributed by atoms with Gasteiger partial charge in [-0.05, 0) is 19.4 Å². The third kappa shape index (κ3) is 3.05. The Labute approximate surface area is 111 Å². The van der Waals surface area contributed by atoms with Gasteiger partial charge in [-0.2, -0.15) is 4.37 Å². The van der Waals surface area contributed by atoms with Gasteiger partial charge in [-0.25, -0.2) is 4.98 Å². The summed E-state index contributed by atoms with van der Waals surface area (Å²) in [5.74, 6) is 0.726. The molecule has 4 nitrogen and oxygen atoms in total. The standard InChI is InChI=1S/C13H17N3OS/c1-3-14-13-15-12(16-18-13)11(17-4-2)10-8-6-5-7-9-10/h5-9,11H,3-4H2,1-2H3,(H,14,15,16). The van der Waals surface area contributed by atoms with Crippen molar-refractivity contribution in [2.75, 3.05) is 18.5 Å². The molecule has 2 rings (SSSR count). The highest BCUT2D eigenvalue weighted by molar-refractivity contribution is 7.09. The Kier molecular flexibility index (Phi) is 4.66. The summed E-state index contributed by atoms with van der Waals surface area (Å²) < 4.78 is 10.1. The van der Waals surface area contributed by atoms with Crippen molar-refractivity contribution in [3.8, 4) is 0 Å². The quantitative estimate of drug-likeness (QED) is 0.870. The van der Waals surface area contributed by atoms with Crippen molar-refractivity contribution < 1.29 is 4.74 Å². The zero-order chi connectivity index (χ0) is 12.8. The molecule has 0 aliphatic carbocycles. The Hall–Kier alpha value is -1.46. The molecule has 1 unspecified atom stereocenters. The number of benzene rings is 1. The van der Waals surface area contributed by atoms with Crippen LogP contribution in [-0.4, -0.2) is 22.5 Å². The van der Waals surface area contributed by atoms with Gasteiger partial charge in [0.15, 0.2) is 5.82 Å². The number of rotatable bonds is 6. The van der Waals surface area contributed by atoms with Crippen LogP contribution < -0.4 is 5.32 Å². The van der Waals surface area contributed by atoms with E-state index in [2.05, 4.69) is 14.7 Å². The van der Waals surface area contributed by atoms with Crippen LogP contribution in [0.15, 0.2) is 30.3 Å². The fourth-order valence-electron chi connectivity index (χ4n) is 1.68. The number of nitrogens with one attached hydrogen (secondary N) is 1. The highest BCUT2D eigenvalue weighted by Crippen LogP contribution is 2.26. The van der Waals surface area contributed by atoms with E-state index in [0.717, 1.165) is 23.1 Å². The van der Waals surface area contributed by atoms with Gasteiger partial charge in [-0.15, -0.1) is 0 Å². The molecule has 0 aliphatic heterocycles. The molecule has 0 spiro atoms. The highest BCUT2D eigenvalue weighted by Gasteiger charge is 2.19. The van der Waals surface area contributed by atoms with Crippen molar-refractivity contribution in [1.29, 1.82) is 0 Å². The van der Waals surface area contributed by atoms with Gasteiger partial charge in [0.1, 0.15) is 6.10 Å². The Bertz CT molecular complexity index is 472. The van der Waals surface area contributed by atoms with Crippen LogP contribution in [0, 0.1) is 0 Å². The van der Waals surface area contributed by atoms with Gasteiger partial charge < -0.3 is 10.1 Å². The van der Waals surface area contributed by atoms with Gasteiger partial charge in [0.05, 0.1) is 0 Å². The average molecular weight is 263 g/mol. The molecule has 1 atom stereocenters. The van der Waals surface area contributed by atoms with E-state index in [1.165, 1.54) is 11.5 Å². The monoisotopic (exact) mass is 263 g/mol. The fraction of sp³-hybridized carbons (Fsp3) is 0.385. The largest absolute Gasteiger partial charge is 0.366 e. The van der Waals surface area contributed by atoms with Crippen LogP contribution in [0.2, 0.25) is 0 Å². The second-order valence-electron chi connectivity index (χ2n) is 3.73. The summed E-state index contributed by atoms with van der Waals surface area (Å²) in [4.78, 5) is 4.47. The second kappa shape index (κ2) is 6.47. The lowest BCUT2D eigenvalue weighted by atomic mass is 10.1. The summed E-state index contributed by atoms with van der Waals surface area (Å²) in [6.07, 6.45) is -0.181. The second-order valence-corrected chi connectivity index (χ2v) is 4.49. The summed E-state index contributed by atoms with van der Waals surface area (Å²) in [7, 11) is 0. The fourth-order valence-corrected chi connectivity index (χ4v) is 2.34. The Morgan fingerprint density at radius 1 is 1.28 bits per heavy atom. The molecule has 96 valence electrons. The first kappa shape index (κ1) is 13.0. The van der Waals surface area contributed by atoms with Crippen molar-refractivity contribution in [2.24, 2.45) is 0 Å². The van der Waals surface area contributed by atoms with Gasteiger partial charge >= 0.3 is 0 Å². The average Bonchev–Trinajstić information content (AvgIpc) is 2.86. The Morgan fingerprint density at radius 2 is 2.06 bits per heavy atom. The van der Waals surface area contributed by atoms with Gasteiger partial charge in [-0.3, -0.25) is 0 Å². The van der Waals surface area contributed by atoms with Crippen molar-refractivity contribution in [3.05, 3.63) is 41.7 Å². The van der Waals surface area contributed by atoms with Gasteiger partial charge in [0.2, 0.25) is 5.13 Å². The van der Waals surface area contributed by atoms with Gasteiger partial charge in [0.25, 0.3) is 0 Å². The summed E-state index contributed by atoms with van der Waals surface area (Å²) in [5.41, 5.74) is 1.08. The maximum atomic E-state index is 5.76. The first-order valence-electron chi connectivity index (χ1n) is 6.09. The lowest BCUT2D eigenvalue weighted by Crippen LogP contribution is -2.08. The third-order valence-electron chi connectivity index (χ3n) is 2.44. The summed E-state index contributed by atoms with van der Waals surface area (Å²) in [6, 6.07) is 10.1. The van der Waals surface area contributed by atoms with Crippen LogP contribution in [0.25, 0.3) is 0 Å². The van der Waals surface area contributed by atoms with E-state index in [0.29, 0.717) is 6.61 Å². The van der Waals surface area contributed by atoms with E-state index in [4.69, 9.17) is 4.74 Å². The van der Waals surface area contributed by atoms with Crippen LogP contribution in [0.1, 0.15) is 31.3 Å². The normalized spacial score (nSPS) is 12.3. The minimum absolute atomic E-state index is 0.181. The van der Waals surface area contributed by atoms with E-state index in [9.17, 15) is 0 Å². The Balaban J connectivity index is 2.23. The third-order valence-corrected chi connectivity index (χ3v) is 3.13. The highest BCUT2D eigenvalue weighted by atomic mass is 32.1. The lowest BCUT2D eigenvalue weighted by molar-refractivity contribution is 0.0861. The lowest BCUT2D eigenvalue weighted by Gasteiger charge is -2.13. The van der Waals surface area contributed by atoms with E-state index in [1.807, 2.05) is 44.2 Å². The molecule has 2 aromatic rings.